The highest BCUT2D eigenvalue weighted by Crippen LogP contribution is 2.26. The van der Waals surface area contributed by atoms with Crippen LogP contribution >= 0.6 is 0 Å². The van der Waals surface area contributed by atoms with E-state index < -0.39 is 4.92 Å². The molecule has 2 aromatic carbocycles. The molecule has 122 valence electrons. The van der Waals surface area contributed by atoms with Gasteiger partial charge in [-0.1, -0.05) is 18.2 Å². The van der Waals surface area contributed by atoms with Crippen molar-refractivity contribution in [2.45, 2.75) is 6.92 Å². The van der Waals surface area contributed by atoms with E-state index in [1.165, 1.54) is 12.1 Å². The largest absolute Gasteiger partial charge is 0.269 e. The minimum absolute atomic E-state index is 0.0648. The standard InChI is InChI=1S/C19H14N4O2/c1-13-17-11-12-18(14-7-9-16(10-8-14)23(24)25)20-19(17)22(21-13)15-5-3-2-4-6-15/h2-12H,1H3. The van der Waals surface area contributed by atoms with Crippen LogP contribution in [0, 0.1) is 17.0 Å². The molecule has 0 saturated carbocycles. The van der Waals surface area contributed by atoms with Crippen molar-refractivity contribution in [3.05, 3.63) is 82.5 Å². The highest BCUT2D eigenvalue weighted by Gasteiger charge is 2.12. The molecule has 2 heterocycles. The van der Waals surface area contributed by atoms with Crippen LogP contribution in [0.25, 0.3) is 28.0 Å². The van der Waals surface area contributed by atoms with Crippen molar-refractivity contribution in [1.82, 2.24) is 14.8 Å². The van der Waals surface area contributed by atoms with Gasteiger partial charge in [-0.05, 0) is 43.3 Å². The summed E-state index contributed by atoms with van der Waals surface area (Å²) in [5.41, 5.74) is 4.25. The van der Waals surface area contributed by atoms with Crippen LogP contribution in [-0.2, 0) is 0 Å². The first-order chi connectivity index (χ1) is 12.1. The zero-order valence-electron chi connectivity index (χ0n) is 13.5. The van der Waals surface area contributed by atoms with Crippen LogP contribution in [-0.4, -0.2) is 19.7 Å². The first kappa shape index (κ1) is 15.0. The van der Waals surface area contributed by atoms with Crippen LogP contribution in [0.4, 0.5) is 5.69 Å². The Morgan fingerprint density at radius 1 is 0.960 bits per heavy atom. The molecule has 0 bridgehead atoms. The Balaban J connectivity index is 1.86. The summed E-state index contributed by atoms with van der Waals surface area (Å²) in [7, 11) is 0. The third kappa shape index (κ3) is 2.63. The summed E-state index contributed by atoms with van der Waals surface area (Å²) >= 11 is 0. The summed E-state index contributed by atoms with van der Waals surface area (Å²) in [6.07, 6.45) is 0. The van der Waals surface area contributed by atoms with Crippen LogP contribution in [0.3, 0.4) is 0 Å². The van der Waals surface area contributed by atoms with Crippen molar-refractivity contribution < 1.29 is 4.92 Å². The third-order valence-electron chi connectivity index (χ3n) is 4.09. The molecule has 2 aromatic heterocycles. The highest BCUT2D eigenvalue weighted by atomic mass is 16.6. The normalized spacial score (nSPS) is 10.9. The third-order valence-corrected chi connectivity index (χ3v) is 4.09. The fourth-order valence-electron chi connectivity index (χ4n) is 2.81. The lowest BCUT2D eigenvalue weighted by molar-refractivity contribution is -0.384. The predicted octanol–water partition coefficient (Wildman–Crippen LogP) is 4.30. The van der Waals surface area contributed by atoms with Gasteiger partial charge in [-0.15, -0.1) is 0 Å². The second-order valence-electron chi connectivity index (χ2n) is 5.70. The van der Waals surface area contributed by atoms with E-state index in [1.54, 1.807) is 12.1 Å². The lowest BCUT2D eigenvalue weighted by atomic mass is 10.1. The minimum atomic E-state index is -0.408. The fraction of sp³-hybridized carbons (Fsp3) is 0.0526. The van der Waals surface area contributed by atoms with Crippen LogP contribution in [0.15, 0.2) is 66.7 Å². The lowest BCUT2D eigenvalue weighted by Crippen LogP contribution is -1.98. The van der Waals surface area contributed by atoms with Gasteiger partial charge < -0.3 is 0 Å². The number of nitro benzene ring substituents is 1. The fourth-order valence-corrected chi connectivity index (χ4v) is 2.81. The van der Waals surface area contributed by atoms with Gasteiger partial charge in [0.15, 0.2) is 5.65 Å². The molecule has 0 aliphatic carbocycles. The number of fused-ring (bicyclic) bond motifs is 1. The summed E-state index contributed by atoms with van der Waals surface area (Å²) in [6.45, 7) is 1.95. The van der Waals surface area contributed by atoms with Gasteiger partial charge in [-0.25, -0.2) is 9.67 Å². The van der Waals surface area contributed by atoms with Gasteiger partial charge in [0.25, 0.3) is 5.69 Å². The molecule has 4 rings (SSSR count). The van der Waals surface area contributed by atoms with Crippen LogP contribution < -0.4 is 0 Å². The second-order valence-corrected chi connectivity index (χ2v) is 5.70. The topological polar surface area (TPSA) is 73.8 Å². The van der Waals surface area contributed by atoms with Gasteiger partial charge in [-0.3, -0.25) is 10.1 Å². The van der Waals surface area contributed by atoms with Gasteiger partial charge in [-0.2, -0.15) is 5.10 Å². The molecular formula is C19H14N4O2. The summed E-state index contributed by atoms with van der Waals surface area (Å²) in [5, 5.41) is 16.4. The number of para-hydroxylation sites is 1. The number of aromatic nitrogens is 3. The first-order valence-corrected chi connectivity index (χ1v) is 7.80. The van der Waals surface area contributed by atoms with Crippen LogP contribution in [0.1, 0.15) is 5.69 Å². The number of aryl methyl sites for hydroxylation is 1. The number of rotatable bonds is 3. The van der Waals surface area contributed by atoms with Gasteiger partial charge in [0.1, 0.15) is 0 Å². The Bertz CT molecular complexity index is 1070. The molecule has 0 saturated heterocycles. The van der Waals surface area contributed by atoms with Crippen LogP contribution in [0.5, 0.6) is 0 Å². The van der Waals surface area contributed by atoms with Crippen molar-refractivity contribution in [3.8, 4) is 16.9 Å². The Labute approximate surface area is 143 Å². The van der Waals surface area contributed by atoms with Crippen LogP contribution in [0.2, 0.25) is 0 Å². The number of pyridine rings is 1. The van der Waals surface area contributed by atoms with E-state index >= 15 is 0 Å². The quantitative estimate of drug-likeness (QED) is 0.414. The number of hydrogen-bond acceptors (Lipinski definition) is 4. The van der Waals surface area contributed by atoms with Crippen molar-refractivity contribution in [2.24, 2.45) is 0 Å². The van der Waals surface area contributed by atoms with Crippen molar-refractivity contribution in [3.63, 3.8) is 0 Å². The monoisotopic (exact) mass is 330 g/mol. The molecule has 0 amide bonds. The summed E-state index contributed by atoms with van der Waals surface area (Å²) < 4.78 is 1.82. The minimum Gasteiger partial charge on any atom is -0.258 e. The van der Waals surface area contributed by atoms with Gasteiger partial charge in [0, 0.05) is 23.1 Å². The maximum atomic E-state index is 10.8. The molecule has 0 N–H and O–H groups in total. The van der Waals surface area contributed by atoms with Gasteiger partial charge in [0.05, 0.1) is 22.0 Å². The number of nitro groups is 1. The molecule has 6 nitrogen and oxygen atoms in total. The van der Waals surface area contributed by atoms with E-state index in [0.29, 0.717) is 0 Å². The van der Waals surface area contributed by atoms with E-state index in [2.05, 4.69) is 5.10 Å². The molecule has 0 fully saturated rings. The molecule has 25 heavy (non-hydrogen) atoms. The van der Waals surface area contributed by atoms with E-state index in [9.17, 15) is 10.1 Å². The Morgan fingerprint density at radius 3 is 2.36 bits per heavy atom. The molecule has 0 aliphatic rings. The van der Waals surface area contributed by atoms with Gasteiger partial charge in [0.2, 0.25) is 0 Å². The molecule has 0 atom stereocenters. The summed E-state index contributed by atoms with van der Waals surface area (Å²) in [6, 6.07) is 20.1. The average molecular weight is 330 g/mol. The summed E-state index contributed by atoms with van der Waals surface area (Å²) in [4.78, 5) is 15.1. The molecule has 6 heteroatoms. The first-order valence-electron chi connectivity index (χ1n) is 7.80. The van der Waals surface area contributed by atoms with E-state index in [-0.39, 0.29) is 5.69 Å². The SMILES string of the molecule is Cc1nn(-c2ccccc2)c2nc(-c3ccc([N+](=O)[O-])cc3)ccc12. The van der Waals surface area contributed by atoms with E-state index in [1.807, 2.05) is 54.1 Å². The Morgan fingerprint density at radius 2 is 1.68 bits per heavy atom. The number of benzene rings is 2. The molecular weight excluding hydrogens is 316 g/mol. The number of non-ortho nitro benzene ring substituents is 1. The maximum absolute atomic E-state index is 10.8. The van der Waals surface area contributed by atoms with Crippen molar-refractivity contribution >= 4 is 16.7 Å². The molecule has 0 spiro atoms. The molecule has 0 radical (unpaired) electrons. The molecule has 4 aromatic rings. The molecule has 0 aliphatic heterocycles. The summed E-state index contributed by atoms with van der Waals surface area (Å²) in [5.74, 6) is 0. The number of hydrogen-bond donors (Lipinski definition) is 0. The number of nitrogens with zero attached hydrogens (tertiary/aromatic N) is 4. The van der Waals surface area contributed by atoms with E-state index in [0.717, 1.165) is 33.7 Å². The zero-order valence-corrected chi connectivity index (χ0v) is 13.5. The molecule has 0 unspecified atom stereocenters. The maximum Gasteiger partial charge on any atom is 0.269 e. The second kappa shape index (κ2) is 5.83. The smallest absolute Gasteiger partial charge is 0.258 e. The van der Waals surface area contributed by atoms with E-state index in [4.69, 9.17) is 4.98 Å². The average Bonchev–Trinajstić information content (AvgIpc) is 2.99. The van der Waals surface area contributed by atoms with Gasteiger partial charge >= 0.3 is 0 Å². The van der Waals surface area contributed by atoms with Crippen molar-refractivity contribution in [1.29, 1.82) is 0 Å². The zero-order chi connectivity index (χ0) is 17.4. The highest BCUT2D eigenvalue weighted by molar-refractivity contribution is 5.82. The van der Waals surface area contributed by atoms with Crippen molar-refractivity contribution in [2.75, 3.05) is 0 Å². The predicted molar refractivity (Wildman–Crippen MR) is 95.7 cm³/mol. The Hall–Kier alpha value is -3.54. The lowest BCUT2D eigenvalue weighted by Gasteiger charge is -2.05. The Kier molecular flexibility index (Phi) is 3.50.